The number of benzene rings is 1. The van der Waals surface area contributed by atoms with Crippen LogP contribution in [0, 0.1) is 5.82 Å². The van der Waals surface area contributed by atoms with Gasteiger partial charge in [0.05, 0.1) is 5.41 Å². The molecular formula is C17H19FN4O. The maximum absolute atomic E-state index is 14.1. The highest BCUT2D eigenvalue weighted by atomic mass is 19.1. The molecule has 1 saturated carbocycles. The Bertz CT molecular complexity index is 715. The van der Waals surface area contributed by atoms with E-state index >= 15 is 0 Å². The van der Waals surface area contributed by atoms with Crippen LogP contribution >= 0.6 is 0 Å². The molecule has 1 N–H and O–H groups in total. The number of carbonyl (C=O) groups excluding carboxylic acids is 1. The van der Waals surface area contributed by atoms with Gasteiger partial charge in [-0.05, 0) is 31.7 Å². The molecule has 1 aromatic carbocycles. The van der Waals surface area contributed by atoms with Crippen molar-refractivity contribution in [3.05, 3.63) is 47.8 Å². The summed E-state index contributed by atoms with van der Waals surface area (Å²) >= 11 is 0. The van der Waals surface area contributed by atoms with Crippen molar-refractivity contribution in [2.24, 2.45) is 0 Å². The SMILES string of the molecule is O=C(NC1CCc2nncn2CC1)C1(c2ccccc2F)CC1. The largest absolute Gasteiger partial charge is 0.353 e. The second-order valence-electron chi connectivity index (χ2n) is 6.50. The average Bonchev–Trinajstić information content (AvgIpc) is 3.28. The summed E-state index contributed by atoms with van der Waals surface area (Å²) < 4.78 is 16.1. The van der Waals surface area contributed by atoms with Gasteiger partial charge in [0, 0.05) is 24.6 Å². The van der Waals surface area contributed by atoms with Crippen molar-refractivity contribution >= 4 is 5.91 Å². The predicted octanol–water partition coefficient (Wildman–Crippen LogP) is 1.97. The molecule has 1 atom stereocenters. The van der Waals surface area contributed by atoms with Gasteiger partial charge in [0.2, 0.25) is 5.91 Å². The number of nitrogens with one attached hydrogen (secondary N) is 1. The second kappa shape index (κ2) is 5.44. The van der Waals surface area contributed by atoms with Crippen molar-refractivity contribution in [1.29, 1.82) is 0 Å². The summed E-state index contributed by atoms with van der Waals surface area (Å²) in [4.78, 5) is 12.8. The van der Waals surface area contributed by atoms with Crippen molar-refractivity contribution in [2.75, 3.05) is 0 Å². The summed E-state index contributed by atoms with van der Waals surface area (Å²) in [6, 6.07) is 6.72. The van der Waals surface area contributed by atoms with E-state index in [9.17, 15) is 9.18 Å². The molecule has 2 aliphatic rings. The number of rotatable bonds is 3. The fourth-order valence-electron chi connectivity index (χ4n) is 3.46. The number of aromatic nitrogens is 3. The first kappa shape index (κ1) is 14.4. The highest BCUT2D eigenvalue weighted by Gasteiger charge is 2.52. The molecule has 1 aliphatic carbocycles. The van der Waals surface area contributed by atoms with E-state index in [4.69, 9.17) is 0 Å². The lowest BCUT2D eigenvalue weighted by Gasteiger charge is -2.21. The highest BCUT2D eigenvalue weighted by molar-refractivity contribution is 5.91. The summed E-state index contributed by atoms with van der Waals surface area (Å²) in [5, 5.41) is 11.2. The Morgan fingerprint density at radius 2 is 2.13 bits per heavy atom. The van der Waals surface area contributed by atoms with Crippen molar-refractivity contribution in [3.63, 3.8) is 0 Å². The topological polar surface area (TPSA) is 59.8 Å². The Morgan fingerprint density at radius 3 is 2.91 bits per heavy atom. The van der Waals surface area contributed by atoms with Gasteiger partial charge < -0.3 is 9.88 Å². The van der Waals surface area contributed by atoms with E-state index in [0.717, 1.165) is 44.5 Å². The first-order chi connectivity index (χ1) is 11.2. The lowest BCUT2D eigenvalue weighted by Crippen LogP contribution is -2.42. The van der Waals surface area contributed by atoms with Gasteiger partial charge in [0.1, 0.15) is 18.0 Å². The van der Waals surface area contributed by atoms with Gasteiger partial charge in [-0.15, -0.1) is 10.2 Å². The number of carbonyl (C=O) groups is 1. The average molecular weight is 314 g/mol. The Labute approximate surface area is 133 Å². The normalized spacial score (nSPS) is 22.0. The molecule has 6 heteroatoms. The number of aryl methyl sites for hydroxylation is 2. The number of nitrogens with zero attached hydrogens (tertiary/aromatic N) is 3. The Kier molecular flexibility index (Phi) is 3.39. The van der Waals surface area contributed by atoms with E-state index < -0.39 is 5.41 Å². The van der Waals surface area contributed by atoms with Crippen LogP contribution in [0.1, 0.15) is 37.1 Å². The minimum absolute atomic E-state index is 0.0368. The minimum atomic E-state index is -0.660. The fourth-order valence-corrected chi connectivity index (χ4v) is 3.46. The minimum Gasteiger partial charge on any atom is -0.353 e. The molecule has 1 aliphatic heterocycles. The van der Waals surface area contributed by atoms with Gasteiger partial charge in [-0.2, -0.15) is 0 Å². The van der Waals surface area contributed by atoms with Crippen LogP contribution in [0.4, 0.5) is 4.39 Å². The number of amides is 1. The standard InChI is InChI=1S/C17H19FN4O/c18-14-4-2-1-3-13(14)17(8-9-17)16(23)20-12-5-6-15-21-19-11-22(15)10-7-12/h1-4,11-12H,5-10H2,(H,20,23). The molecular weight excluding hydrogens is 295 g/mol. The molecule has 5 nitrogen and oxygen atoms in total. The van der Waals surface area contributed by atoms with Gasteiger partial charge in [0.15, 0.2) is 0 Å². The number of fused-ring (bicyclic) bond motifs is 1. The molecule has 1 amide bonds. The van der Waals surface area contributed by atoms with E-state index in [0.29, 0.717) is 5.56 Å². The van der Waals surface area contributed by atoms with E-state index in [2.05, 4.69) is 15.5 Å². The summed E-state index contributed by atoms with van der Waals surface area (Å²) in [5.74, 6) is 0.648. The van der Waals surface area contributed by atoms with E-state index in [-0.39, 0.29) is 17.8 Å². The molecule has 120 valence electrons. The van der Waals surface area contributed by atoms with Crippen LogP contribution in [0.3, 0.4) is 0 Å². The van der Waals surface area contributed by atoms with Crippen LogP contribution in [0.25, 0.3) is 0 Å². The molecule has 0 spiro atoms. The second-order valence-corrected chi connectivity index (χ2v) is 6.50. The molecule has 23 heavy (non-hydrogen) atoms. The van der Waals surface area contributed by atoms with Crippen LogP contribution in [-0.4, -0.2) is 26.7 Å². The zero-order chi connectivity index (χ0) is 15.9. The van der Waals surface area contributed by atoms with E-state index in [1.165, 1.54) is 6.07 Å². The Morgan fingerprint density at radius 1 is 1.30 bits per heavy atom. The number of halogens is 1. The summed E-state index contributed by atoms with van der Waals surface area (Å²) in [6.45, 7) is 0.806. The molecule has 2 aromatic rings. The van der Waals surface area contributed by atoms with Crippen molar-refractivity contribution in [1.82, 2.24) is 20.1 Å². The fraction of sp³-hybridized carbons (Fsp3) is 0.471. The van der Waals surface area contributed by atoms with E-state index in [1.807, 2.05) is 4.57 Å². The van der Waals surface area contributed by atoms with Gasteiger partial charge >= 0.3 is 0 Å². The first-order valence-electron chi connectivity index (χ1n) is 8.12. The van der Waals surface area contributed by atoms with Crippen LogP contribution in [-0.2, 0) is 23.2 Å². The van der Waals surface area contributed by atoms with Gasteiger partial charge in [-0.25, -0.2) is 4.39 Å². The predicted molar refractivity (Wildman–Crippen MR) is 82.2 cm³/mol. The zero-order valence-electron chi connectivity index (χ0n) is 12.8. The lowest BCUT2D eigenvalue weighted by molar-refractivity contribution is -0.124. The number of hydrogen-bond acceptors (Lipinski definition) is 3. The smallest absolute Gasteiger partial charge is 0.230 e. The van der Waals surface area contributed by atoms with E-state index in [1.54, 1.807) is 24.5 Å². The Hall–Kier alpha value is -2.24. The zero-order valence-corrected chi connectivity index (χ0v) is 12.8. The van der Waals surface area contributed by atoms with Gasteiger partial charge in [-0.3, -0.25) is 4.79 Å². The van der Waals surface area contributed by atoms with Crippen LogP contribution in [0.5, 0.6) is 0 Å². The summed E-state index contributed by atoms with van der Waals surface area (Å²) in [7, 11) is 0. The third-order valence-corrected chi connectivity index (χ3v) is 5.04. The number of hydrogen-bond donors (Lipinski definition) is 1. The van der Waals surface area contributed by atoms with Crippen LogP contribution in [0.2, 0.25) is 0 Å². The lowest BCUT2D eigenvalue weighted by atomic mass is 9.93. The van der Waals surface area contributed by atoms with Gasteiger partial charge in [0.25, 0.3) is 0 Å². The van der Waals surface area contributed by atoms with Gasteiger partial charge in [-0.1, -0.05) is 18.2 Å². The third-order valence-electron chi connectivity index (χ3n) is 5.04. The summed E-state index contributed by atoms with van der Waals surface area (Å²) in [6.07, 6.45) is 5.68. The van der Waals surface area contributed by atoms with Crippen LogP contribution < -0.4 is 5.32 Å². The molecule has 0 bridgehead atoms. The van der Waals surface area contributed by atoms with Crippen molar-refractivity contribution in [2.45, 2.75) is 50.1 Å². The summed E-state index contributed by atoms with van der Waals surface area (Å²) in [5.41, 5.74) is -0.129. The first-order valence-corrected chi connectivity index (χ1v) is 8.12. The highest BCUT2D eigenvalue weighted by Crippen LogP contribution is 2.49. The molecule has 0 radical (unpaired) electrons. The maximum Gasteiger partial charge on any atom is 0.230 e. The Balaban J connectivity index is 1.46. The van der Waals surface area contributed by atoms with Crippen molar-refractivity contribution in [3.8, 4) is 0 Å². The van der Waals surface area contributed by atoms with Crippen LogP contribution in [0.15, 0.2) is 30.6 Å². The maximum atomic E-state index is 14.1. The molecule has 1 aromatic heterocycles. The molecule has 1 fully saturated rings. The third kappa shape index (κ3) is 2.52. The molecule has 0 saturated heterocycles. The quantitative estimate of drug-likeness (QED) is 0.942. The molecule has 4 rings (SSSR count). The monoisotopic (exact) mass is 314 g/mol. The van der Waals surface area contributed by atoms with Crippen molar-refractivity contribution < 1.29 is 9.18 Å². The molecule has 1 unspecified atom stereocenters. The molecule has 2 heterocycles.